The number of hydrogen-bond donors (Lipinski definition) is 0. The lowest BCUT2D eigenvalue weighted by molar-refractivity contribution is -0.131. The van der Waals surface area contributed by atoms with Gasteiger partial charge in [0.05, 0.1) is 12.4 Å². The van der Waals surface area contributed by atoms with Gasteiger partial charge < -0.3 is 14.4 Å². The van der Waals surface area contributed by atoms with Crippen molar-refractivity contribution in [3.8, 4) is 11.5 Å². The van der Waals surface area contributed by atoms with Gasteiger partial charge in [0, 0.05) is 30.3 Å². The van der Waals surface area contributed by atoms with Crippen molar-refractivity contribution in [2.24, 2.45) is 11.8 Å². The summed E-state index contributed by atoms with van der Waals surface area (Å²) in [6, 6.07) is 6.24. The lowest BCUT2D eigenvalue weighted by Crippen LogP contribution is -2.44. The second-order valence-electron chi connectivity index (χ2n) is 9.73. The molecule has 0 N–H and O–H groups in total. The molecule has 1 aliphatic carbocycles. The molecule has 0 bridgehead atoms. The molecule has 5 heteroatoms. The van der Waals surface area contributed by atoms with Gasteiger partial charge in [0.25, 0.3) is 0 Å². The third-order valence-corrected chi connectivity index (χ3v) is 8.15. The summed E-state index contributed by atoms with van der Waals surface area (Å²) in [5.74, 6) is 3.95. The molecule has 3 aliphatic rings. The average Bonchev–Trinajstić information content (AvgIpc) is 2.72. The van der Waals surface area contributed by atoms with Gasteiger partial charge in [0.2, 0.25) is 5.91 Å². The molecule has 1 saturated carbocycles. The van der Waals surface area contributed by atoms with Crippen LogP contribution in [0.3, 0.4) is 0 Å². The summed E-state index contributed by atoms with van der Waals surface area (Å²) in [5.41, 5.74) is 1.16. The molecule has 1 aromatic carbocycles. The largest absolute Gasteiger partial charge is 0.494 e. The molecule has 1 aromatic rings. The minimum atomic E-state index is -0.0484. The minimum Gasteiger partial charge on any atom is -0.494 e. The number of hydrogen-bond acceptors (Lipinski definition) is 4. The predicted octanol–water partition coefficient (Wildman–Crippen LogP) is 5.85. The fourth-order valence-corrected chi connectivity index (χ4v) is 6.94. The summed E-state index contributed by atoms with van der Waals surface area (Å²) in [6.45, 7) is 9.02. The number of amides is 1. The van der Waals surface area contributed by atoms with Crippen molar-refractivity contribution in [3.63, 3.8) is 0 Å². The Morgan fingerprint density at radius 1 is 1.20 bits per heavy atom. The third-order valence-electron chi connectivity index (χ3n) is 6.92. The topological polar surface area (TPSA) is 38.8 Å². The molecule has 1 saturated heterocycles. The molecule has 4 nitrogen and oxygen atoms in total. The van der Waals surface area contributed by atoms with Crippen molar-refractivity contribution in [3.05, 3.63) is 23.8 Å². The summed E-state index contributed by atoms with van der Waals surface area (Å²) in [5, 5.41) is 0.288. The van der Waals surface area contributed by atoms with Crippen molar-refractivity contribution in [1.82, 2.24) is 4.90 Å². The minimum absolute atomic E-state index is 0.0484. The first kappa shape index (κ1) is 21.9. The Morgan fingerprint density at radius 2 is 1.93 bits per heavy atom. The summed E-state index contributed by atoms with van der Waals surface area (Å²) < 4.78 is 12.4. The van der Waals surface area contributed by atoms with Crippen LogP contribution in [-0.2, 0) is 4.79 Å². The molecule has 1 amide bonds. The van der Waals surface area contributed by atoms with Gasteiger partial charge in [-0.2, -0.15) is 0 Å². The first-order valence-corrected chi connectivity index (χ1v) is 12.9. The molecule has 30 heavy (non-hydrogen) atoms. The Hall–Kier alpha value is -1.36. The monoisotopic (exact) mass is 431 g/mol. The first-order chi connectivity index (χ1) is 14.5. The highest BCUT2D eigenvalue weighted by atomic mass is 32.2. The SMILES string of the molecule is CCOc1ccc2c(c1)[C@H](SCC(=O)N1C[C@H](C)C[C@@H](C)C1)CC1(CCCCC1)O2. The van der Waals surface area contributed by atoms with Crippen molar-refractivity contribution in [2.75, 3.05) is 25.4 Å². The molecule has 4 rings (SSSR count). The smallest absolute Gasteiger partial charge is 0.232 e. The molecular formula is C25H37NO3S. The Kier molecular flexibility index (Phi) is 6.86. The molecule has 0 unspecified atom stereocenters. The van der Waals surface area contributed by atoms with Gasteiger partial charge in [0.1, 0.15) is 17.1 Å². The number of piperidine rings is 1. The summed E-state index contributed by atoms with van der Waals surface area (Å²) in [4.78, 5) is 15.1. The number of carbonyl (C=O) groups is 1. The second-order valence-corrected chi connectivity index (χ2v) is 10.9. The van der Waals surface area contributed by atoms with Crippen molar-refractivity contribution in [1.29, 1.82) is 0 Å². The highest BCUT2D eigenvalue weighted by Gasteiger charge is 2.42. The van der Waals surface area contributed by atoms with Crippen LogP contribution in [0.15, 0.2) is 18.2 Å². The van der Waals surface area contributed by atoms with Crippen molar-refractivity contribution in [2.45, 2.75) is 76.6 Å². The number of thioether (sulfide) groups is 1. The van der Waals surface area contributed by atoms with E-state index < -0.39 is 0 Å². The number of benzene rings is 1. The van der Waals surface area contributed by atoms with Gasteiger partial charge in [-0.3, -0.25) is 4.79 Å². The fourth-order valence-electron chi connectivity index (χ4n) is 5.63. The van der Waals surface area contributed by atoms with Gasteiger partial charge in [-0.15, -0.1) is 11.8 Å². The van der Waals surface area contributed by atoms with Crippen molar-refractivity contribution >= 4 is 17.7 Å². The molecule has 2 fully saturated rings. The van der Waals surface area contributed by atoms with Gasteiger partial charge in [-0.1, -0.05) is 20.3 Å². The van der Waals surface area contributed by atoms with Crippen LogP contribution in [0.5, 0.6) is 11.5 Å². The first-order valence-electron chi connectivity index (χ1n) is 11.8. The molecule has 166 valence electrons. The summed E-state index contributed by atoms with van der Waals surface area (Å²) in [6.07, 6.45) is 8.28. The van der Waals surface area contributed by atoms with Crippen LogP contribution in [0.2, 0.25) is 0 Å². The van der Waals surface area contributed by atoms with Gasteiger partial charge >= 0.3 is 0 Å². The number of likely N-dealkylation sites (tertiary alicyclic amines) is 1. The number of rotatable bonds is 5. The molecule has 0 radical (unpaired) electrons. The lowest BCUT2D eigenvalue weighted by Gasteiger charge is -2.44. The van der Waals surface area contributed by atoms with E-state index in [0.717, 1.165) is 43.9 Å². The predicted molar refractivity (Wildman–Crippen MR) is 123 cm³/mol. The van der Waals surface area contributed by atoms with E-state index in [1.807, 2.05) is 24.8 Å². The Morgan fingerprint density at radius 3 is 2.63 bits per heavy atom. The van der Waals surface area contributed by atoms with Crippen LogP contribution in [0, 0.1) is 11.8 Å². The van der Waals surface area contributed by atoms with E-state index in [1.54, 1.807) is 0 Å². The van der Waals surface area contributed by atoms with E-state index in [-0.39, 0.29) is 10.9 Å². The van der Waals surface area contributed by atoms with Crippen LogP contribution in [0.1, 0.15) is 76.5 Å². The van der Waals surface area contributed by atoms with Crippen LogP contribution in [0.4, 0.5) is 0 Å². The maximum atomic E-state index is 13.0. The standard InChI is InChI=1S/C25H37NO3S/c1-4-28-20-8-9-22-21(13-20)23(14-25(29-22)10-6-5-7-11-25)30-17-24(27)26-15-18(2)12-19(3)16-26/h8-9,13,18-19,23H,4-7,10-12,14-17H2,1-3H3/t18-,19-,23-/m1/s1. The number of fused-ring (bicyclic) bond motifs is 1. The van der Waals surface area contributed by atoms with E-state index in [9.17, 15) is 4.79 Å². The zero-order valence-corrected chi connectivity index (χ0v) is 19.6. The molecule has 0 aromatic heterocycles. The quantitative estimate of drug-likeness (QED) is 0.586. The Balaban J connectivity index is 1.50. The lowest BCUT2D eigenvalue weighted by atomic mass is 9.78. The van der Waals surface area contributed by atoms with Crippen LogP contribution >= 0.6 is 11.8 Å². The number of carbonyl (C=O) groups excluding carboxylic acids is 1. The van der Waals surface area contributed by atoms with Crippen molar-refractivity contribution < 1.29 is 14.3 Å². The van der Waals surface area contributed by atoms with E-state index >= 15 is 0 Å². The van der Waals surface area contributed by atoms with Gasteiger partial charge in [0.15, 0.2) is 0 Å². The van der Waals surface area contributed by atoms with E-state index in [1.165, 1.54) is 31.2 Å². The molecule has 1 spiro atoms. The highest BCUT2D eigenvalue weighted by Crippen LogP contribution is 2.51. The zero-order chi connectivity index (χ0) is 21.1. The fraction of sp³-hybridized carbons (Fsp3) is 0.720. The molecule has 2 aliphatic heterocycles. The van der Waals surface area contributed by atoms with E-state index in [0.29, 0.717) is 30.1 Å². The van der Waals surface area contributed by atoms with Crippen LogP contribution in [-0.4, -0.2) is 41.9 Å². The maximum absolute atomic E-state index is 13.0. The van der Waals surface area contributed by atoms with Gasteiger partial charge in [-0.05, 0) is 69.1 Å². The number of nitrogens with zero attached hydrogens (tertiary/aromatic N) is 1. The molecule has 2 heterocycles. The number of ether oxygens (including phenoxy) is 2. The average molecular weight is 432 g/mol. The normalized spacial score (nSPS) is 28.0. The Labute approximate surface area is 186 Å². The van der Waals surface area contributed by atoms with E-state index in [2.05, 4.69) is 30.9 Å². The Bertz CT molecular complexity index is 736. The van der Waals surface area contributed by atoms with Crippen LogP contribution in [0.25, 0.3) is 0 Å². The summed E-state index contributed by atoms with van der Waals surface area (Å²) in [7, 11) is 0. The molecule has 3 atom stereocenters. The summed E-state index contributed by atoms with van der Waals surface area (Å²) >= 11 is 1.81. The highest BCUT2D eigenvalue weighted by molar-refractivity contribution is 8.00. The van der Waals surface area contributed by atoms with Crippen LogP contribution < -0.4 is 9.47 Å². The second kappa shape index (κ2) is 9.42. The maximum Gasteiger partial charge on any atom is 0.232 e. The zero-order valence-electron chi connectivity index (χ0n) is 18.8. The molecular weight excluding hydrogens is 394 g/mol. The van der Waals surface area contributed by atoms with Gasteiger partial charge in [-0.25, -0.2) is 0 Å². The third kappa shape index (κ3) is 4.92. The van der Waals surface area contributed by atoms with E-state index in [4.69, 9.17) is 9.47 Å².